The number of nitrogens with zero attached hydrogens (tertiary/aromatic N) is 2. The van der Waals surface area contributed by atoms with Gasteiger partial charge in [-0.3, -0.25) is 9.36 Å². The van der Waals surface area contributed by atoms with Crippen LogP contribution in [0.4, 0.5) is 0 Å². The van der Waals surface area contributed by atoms with Crippen molar-refractivity contribution in [1.29, 1.82) is 0 Å². The Morgan fingerprint density at radius 2 is 2.00 bits per heavy atom. The van der Waals surface area contributed by atoms with E-state index in [1.54, 1.807) is 18.3 Å². The maximum absolute atomic E-state index is 12.1. The predicted octanol–water partition coefficient (Wildman–Crippen LogP) is 4.48. The van der Waals surface area contributed by atoms with Crippen molar-refractivity contribution in [3.8, 4) is 5.13 Å². The van der Waals surface area contributed by atoms with E-state index in [0.717, 1.165) is 22.2 Å². The lowest BCUT2D eigenvalue weighted by Crippen LogP contribution is -2.11. The first-order chi connectivity index (χ1) is 9.32. The van der Waals surface area contributed by atoms with Gasteiger partial charge in [0.1, 0.15) is 0 Å². The van der Waals surface area contributed by atoms with E-state index in [1.165, 1.54) is 0 Å². The van der Waals surface area contributed by atoms with Crippen molar-refractivity contribution in [3.63, 3.8) is 0 Å². The minimum absolute atomic E-state index is 0.0355. The first-order valence-corrected chi connectivity index (χ1v) is 7.97. The minimum Gasteiger partial charge on any atom is -0.294 e. The van der Waals surface area contributed by atoms with Crippen LogP contribution in [0, 0.1) is 13.8 Å². The van der Waals surface area contributed by atoms with Crippen molar-refractivity contribution in [3.05, 3.63) is 34.1 Å². The molecule has 2 aromatic rings. The van der Waals surface area contributed by atoms with Crippen molar-refractivity contribution in [2.24, 2.45) is 0 Å². The van der Waals surface area contributed by atoms with Crippen LogP contribution >= 0.6 is 22.9 Å². The van der Waals surface area contributed by atoms with Gasteiger partial charge in [0.2, 0.25) is 0 Å². The smallest absolute Gasteiger partial charge is 0.194 e. The number of carbonyl (C=O) groups excluding carboxylic acids is 1. The summed E-state index contributed by atoms with van der Waals surface area (Å²) >= 11 is 7.52. The zero-order valence-electron chi connectivity index (χ0n) is 12.4. The van der Waals surface area contributed by atoms with Gasteiger partial charge in [-0.15, -0.1) is 22.9 Å². The summed E-state index contributed by atoms with van der Waals surface area (Å²) < 4.78 is 2.03. The molecule has 2 heterocycles. The van der Waals surface area contributed by atoms with Crippen molar-refractivity contribution in [2.75, 3.05) is 0 Å². The van der Waals surface area contributed by atoms with Gasteiger partial charge < -0.3 is 0 Å². The zero-order chi connectivity index (χ0) is 15.0. The van der Waals surface area contributed by atoms with E-state index in [9.17, 15) is 4.79 Å². The first-order valence-electron chi connectivity index (χ1n) is 6.66. The molecule has 0 spiro atoms. The fourth-order valence-electron chi connectivity index (χ4n) is 2.17. The molecule has 0 fully saturated rings. The van der Waals surface area contributed by atoms with Gasteiger partial charge >= 0.3 is 0 Å². The Kier molecular flexibility index (Phi) is 4.35. The van der Waals surface area contributed by atoms with Crippen LogP contribution in [0.25, 0.3) is 5.13 Å². The lowest BCUT2D eigenvalue weighted by molar-refractivity contribution is 0.0991. The summed E-state index contributed by atoms with van der Waals surface area (Å²) in [5.74, 6) is 0.367. The minimum atomic E-state index is -0.508. The van der Waals surface area contributed by atoms with E-state index in [-0.39, 0.29) is 5.78 Å². The van der Waals surface area contributed by atoms with Crippen LogP contribution < -0.4 is 0 Å². The Balaban J connectivity index is 2.49. The molecule has 0 aliphatic heterocycles. The molecule has 5 heteroatoms. The molecule has 0 amide bonds. The maximum atomic E-state index is 12.1. The molecule has 0 aliphatic carbocycles. The van der Waals surface area contributed by atoms with Crippen molar-refractivity contribution < 1.29 is 4.79 Å². The highest BCUT2D eigenvalue weighted by atomic mass is 35.5. The average Bonchev–Trinajstić information content (AvgIpc) is 2.93. The Morgan fingerprint density at radius 1 is 1.35 bits per heavy atom. The third-order valence-corrected chi connectivity index (χ3v) is 4.39. The van der Waals surface area contributed by atoms with Gasteiger partial charge in [0.15, 0.2) is 10.9 Å². The number of hydrogen-bond acceptors (Lipinski definition) is 3. The third-order valence-electron chi connectivity index (χ3n) is 3.35. The number of ketones is 1. The highest BCUT2D eigenvalue weighted by Crippen LogP contribution is 2.27. The number of halogens is 1. The monoisotopic (exact) mass is 310 g/mol. The number of aromatic nitrogens is 2. The van der Waals surface area contributed by atoms with Gasteiger partial charge in [-0.1, -0.05) is 13.8 Å². The first kappa shape index (κ1) is 15.3. The molecule has 3 nitrogen and oxygen atoms in total. The molecule has 20 heavy (non-hydrogen) atoms. The van der Waals surface area contributed by atoms with E-state index < -0.39 is 5.38 Å². The molecule has 108 valence electrons. The summed E-state index contributed by atoms with van der Waals surface area (Å²) in [5, 5.41) is 2.47. The highest BCUT2D eigenvalue weighted by molar-refractivity contribution is 7.12. The number of alkyl halides is 1. The van der Waals surface area contributed by atoms with E-state index >= 15 is 0 Å². The second kappa shape index (κ2) is 5.70. The van der Waals surface area contributed by atoms with Crippen LogP contribution in [-0.2, 0) is 0 Å². The summed E-state index contributed by atoms with van der Waals surface area (Å²) in [7, 11) is 0. The molecule has 2 rings (SSSR count). The van der Waals surface area contributed by atoms with E-state index in [2.05, 4.69) is 24.2 Å². The standard InChI is InChI=1S/C15H19ClN2OS/c1-8(2)13-7-20-15(17-13)18-9(3)6-12(11(18)5)14(19)10(4)16/h6-8,10H,1-5H3. The van der Waals surface area contributed by atoms with Crippen molar-refractivity contribution in [1.82, 2.24) is 9.55 Å². The van der Waals surface area contributed by atoms with Crippen LogP contribution in [0.5, 0.6) is 0 Å². The summed E-state index contributed by atoms with van der Waals surface area (Å²) in [5.41, 5.74) is 3.68. The SMILES string of the molecule is Cc1cc(C(=O)C(C)Cl)c(C)n1-c1nc(C(C)C)cs1. The summed E-state index contributed by atoms with van der Waals surface area (Å²) in [4.78, 5) is 16.8. The van der Waals surface area contributed by atoms with E-state index in [0.29, 0.717) is 11.5 Å². The van der Waals surface area contributed by atoms with E-state index in [1.807, 2.05) is 24.5 Å². The quantitative estimate of drug-likeness (QED) is 0.616. The number of thiazole rings is 1. The lowest BCUT2D eigenvalue weighted by atomic mass is 10.1. The van der Waals surface area contributed by atoms with E-state index in [4.69, 9.17) is 11.6 Å². The number of rotatable bonds is 4. The molecule has 1 unspecified atom stereocenters. The van der Waals surface area contributed by atoms with Gasteiger partial charge in [0.25, 0.3) is 0 Å². The third kappa shape index (κ3) is 2.67. The van der Waals surface area contributed by atoms with Crippen LogP contribution in [0.2, 0.25) is 0 Å². The van der Waals surface area contributed by atoms with Gasteiger partial charge in [-0.25, -0.2) is 4.98 Å². The Labute approximate surface area is 128 Å². The van der Waals surface area contributed by atoms with Crippen LogP contribution in [-0.4, -0.2) is 20.7 Å². The largest absolute Gasteiger partial charge is 0.294 e. The number of carbonyl (C=O) groups is 1. The molecule has 0 bridgehead atoms. The Bertz CT molecular complexity index is 640. The molecule has 1 atom stereocenters. The van der Waals surface area contributed by atoms with Gasteiger partial charge in [0, 0.05) is 22.3 Å². The van der Waals surface area contributed by atoms with Crippen LogP contribution in [0.1, 0.15) is 54.1 Å². The number of Topliss-reactive ketones (excluding diaryl/α,β-unsaturated/α-hetero) is 1. The molecule has 0 saturated carbocycles. The molecular formula is C15H19ClN2OS. The molecule has 0 N–H and O–H groups in total. The fourth-order valence-corrected chi connectivity index (χ4v) is 3.38. The fraction of sp³-hybridized carbons (Fsp3) is 0.467. The maximum Gasteiger partial charge on any atom is 0.194 e. The lowest BCUT2D eigenvalue weighted by Gasteiger charge is -2.06. The molecule has 0 saturated heterocycles. The van der Waals surface area contributed by atoms with Crippen molar-refractivity contribution in [2.45, 2.75) is 45.9 Å². The molecule has 2 aromatic heterocycles. The zero-order valence-corrected chi connectivity index (χ0v) is 14.0. The normalized spacial score (nSPS) is 12.9. The summed E-state index contributed by atoms with van der Waals surface area (Å²) in [6.07, 6.45) is 0. The van der Waals surface area contributed by atoms with Gasteiger partial charge in [0.05, 0.1) is 11.1 Å². The Hall–Kier alpha value is -1.13. The average molecular weight is 311 g/mol. The summed E-state index contributed by atoms with van der Waals surface area (Å²) in [6, 6.07) is 1.90. The number of hydrogen-bond donors (Lipinski definition) is 0. The van der Waals surface area contributed by atoms with Crippen LogP contribution in [0.15, 0.2) is 11.4 Å². The Morgan fingerprint density at radius 3 is 2.50 bits per heavy atom. The second-order valence-corrected chi connectivity index (χ2v) is 6.80. The van der Waals surface area contributed by atoms with Crippen molar-refractivity contribution >= 4 is 28.7 Å². The summed E-state index contributed by atoms with van der Waals surface area (Å²) in [6.45, 7) is 9.88. The molecular weight excluding hydrogens is 292 g/mol. The van der Waals surface area contributed by atoms with Crippen LogP contribution in [0.3, 0.4) is 0 Å². The molecule has 0 aromatic carbocycles. The molecule has 0 radical (unpaired) electrons. The van der Waals surface area contributed by atoms with Gasteiger partial charge in [-0.05, 0) is 32.8 Å². The topological polar surface area (TPSA) is 34.9 Å². The predicted molar refractivity (Wildman–Crippen MR) is 84.6 cm³/mol. The second-order valence-electron chi connectivity index (χ2n) is 5.31. The number of aryl methyl sites for hydroxylation is 1. The molecule has 0 aliphatic rings. The highest BCUT2D eigenvalue weighted by Gasteiger charge is 2.21. The van der Waals surface area contributed by atoms with Gasteiger partial charge in [-0.2, -0.15) is 0 Å².